The summed E-state index contributed by atoms with van der Waals surface area (Å²) in [4.78, 5) is 46.1. The second-order valence-corrected chi connectivity index (χ2v) is 11.2. The molecule has 3 aliphatic rings. The number of para-hydroxylation sites is 2. The molecule has 3 heterocycles. The molecule has 1 spiro atoms. The van der Waals surface area contributed by atoms with Gasteiger partial charge in [0.25, 0.3) is 0 Å². The molecule has 42 heavy (non-hydrogen) atoms. The van der Waals surface area contributed by atoms with Crippen LogP contribution in [0, 0.1) is 5.92 Å². The van der Waals surface area contributed by atoms with Crippen molar-refractivity contribution >= 4 is 40.8 Å². The molecule has 4 atom stereocenters. The number of rotatable bonds is 6. The standard InChI is InChI=1S/C35H27ClN2O4/c1-2-42-28-14-8-5-11-25(28)32(40)29-30(31(39)22-15-17-23(36)18-16-22)38-20-19-21-9-3-4-10-24(21)33(38)35(29)26-12-6-7-13-27(26)37-34(35)41/h3-20,29-30,33H,2H2,1H3,(H,37,41)/t29-,30+,33+,35-/m0/s1. The lowest BCUT2D eigenvalue weighted by Gasteiger charge is -2.38. The lowest BCUT2D eigenvalue weighted by atomic mass is 9.62. The molecule has 1 fully saturated rings. The molecule has 7 rings (SSSR count). The monoisotopic (exact) mass is 574 g/mol. The Kier molecular flexibility index (Phi) is 6.24. The first-order chi connectivity index (χ1) is 20.5. The van der Waals surface area contributed by atoms with Crippen molar-refractivity contribution in [3.8, 4) is 5.75 Å². The number of halogens is 1. The summed E-state index contributed by atoms with van der Waals surface area (Å²) in [7, 11) is 0. The highest BCUT2D eigenvalue weighted by Gasteiger charge is 2.70. The van der Waals surface area contributed by atoms with Crippen LogP contribution in [0.4, 0.5) is 5.69 Å². The van der Waals surface area contributed by atoms with Crippen molar-refractivity contribution in [1.29, 1.82) is 0 Å². The molecular weight excluding hydrogens is 548 g/mol. The van der Waals surface area contributed by atoms with E-state index in [0.29, 0.717) is 39.8 Å². The van der Waals surface area contributed by atoms with Gasteiger partial charge in [0.1, 0.15) is 17.2 Å². The van der Waals surface area contributed by atoms with Gasteiger partial charge in [0.05, 0.1) is 24.1 Å². The van der Waals surface area contributed by atoms with Gasteiger partial charge in [-0.3, -0.25) is 14.4 Å². The smallest absolute Gasteiger partial charge is 0.238 e. The van der Waals surface area contributed by atoms with Crippen molar-refractivity contribution in [2.24, 2.45) is 5.92 Å². The largest absolute Gasteiger partial charge is 0.493 e. The molecule has 6 nitrogen and oxygen atoms in total. The van der Waals surface area contributed by atoms with E-state index in [0.717, 1.165) is 11.1 Å². The average molecular weight is 575 g/mol. The van der Waals surface area contributed by atoms with Gasteiger partial charge in [0, 0.05) is 22.5 Å². The molecule has 0 bridgehead atoms. The predicted octanol–water partition coefficient (Wildman–Crippen LogP) is 6.72. The van der Waals surface area contributed by atoms with Crippen LogP contribution in [-0.2, 0) is 10.2 Å². The van der Waals surface area contributed by atoms with Crippen LogP contribution in [-0.4, -0.2) is 35.0 Å². The number of fused-ring (bicyclic) bond motifs is 6. The van der Waals surface area contributed by atoms with Crippen LogP contribution in [0.25, 0.3) is 6.08 Å². The lowest BCUT2D eigenvalue weighted by molar-refractivity contribution is -0.122. The van der Waals surface area contributed by atoms with Gasteiger partial charge in [-0.2, -0.15) is 0 Å². The highest BCUT2D eigenvalue weighted by atomic mass is 35.5. The fraction of sp³-hybridized carbons (Fsp3) is 0.171. The minimum absolute atomic E-state index is 0.262. The van der Waals surface area contributed by atoms with Gasteiger partial charge in [-0.25, -0.2) is 0 Å². The zero-order chi connectivity index (χ0) is 29.0. The maximum atomic E-state index is 15.0. The van der Waals surface area contributed by atoms with E-state index in [-0.39, 0.29) is 17.5 Å². The molecule has 4 aromatic carbocycles. The second-order valence-electron chi connectivity index (χ2n) is 10.8. The highest BCUT2D eigenvalue weighted by Crippen LogP contribution is 2.62. The number of hydrogen-bond donors (Lipinski definition) is 1. The van der Waals surface area contributed by atoms with Gasteiger partial charge in [0.2, 0.25) is 5.91 Å². The Morgan fingerprint density at radius 2 is 1.62 bits per heavy atom. The van der Waals surface area contributed by atoms with Gasteiger partial charge in [0.15, 0.2) is 11.6 Å². The number of hydrogen-bond acceptors (Lipinski definition) is 5. The van der Waals surface area contributed by atoms with Gasteiger partial charge < -0.3 is 15.0 Å². The third-order valence-electron chi connectivity index (χ3n) is 8.70. The van der Waals surface area contributed by atoms with E-state index in [2.05, 4.69) is 5.32 Å². The molecular formula is C35H27ClN2O4. The summed E-state index contributed by atoms with van der Waals surface area (Å²) < 4.78 is 5.88. The number of Topliss-reactive ketones (excluding diaryl/α,β-unsaturated/α-hetero) is 2. The van der Waals surface area contributed by atoms with Crippen LogP contribution in [0.1, 0.15) is 50.4 Å². The molecule has 208 valence electrons. The van der Waals surface area contributed by atoms with E-state index in [1.54, 1.807) is 42.5 Å². The maximum Gasteiger partial charge on any atom is 0.238 e. The van der Waals surface area contributed by atoms with E-state index >= 15 is 4.79 Å². The Bertz CT molecular complexity index is 1780. The highest BCUT2D eigenvalue weighted by molar-refractivity contribution is 6.30. The average Bonchev–Trinajstić information content (AvgIpc) is 3.49. The van der Waals surface area contributed by atoms with Crippen molar-refractivity contribution in [2.75, 3.05) is 11.9 Å². The quantitative estimate of drug-likeness (QED) is 0.259. The summed E-state index contributed by atoms with van der Waals surface area (Å²) in [5.41, 5.74) is 2.52. The van der Waals surface area contributed by atoms with Gasteiger partial charge >= 0.3 is 0 Å². The van der Waals surface area contributed by atoms with Crippen LogP contribution in [0.15, 0.2) is 103 Å². The van der Waals surface area contributed by atoms with Crippen molar-refractivity contribution in [1.82, 2.24) is 4.90 Å². The number of benzene rings is 4. The van der Waals surface area contributed by atoms with Crippen LogP contribution in [0.2, 0.25) is 5.02 Å². The summed E-state index contributed by atoms with van der Waals surface area (Å²) in [5.74, 6) is -1.54. The minimum Gasteiger partial charge on any atom is -0.493 e. The molecule has 1 N–H and O–H groups in total. The minimum atomic E-state index is -1.40. The SMILES string of the molecule is CCOc1ccccc1C(=O)[C@@H]1[C@H](C(=O)c2ccc(Cl)cc2)N2C=Cc3ccccc3[C@@H]2[C@@]12C(=O)Nc1ccccc12. The molecule has 4 aromatic rings. The van der Waals surface area contributed by atoms with E-state index in [1.165, 1.54) is 0 Å². The molecule has 0 aliphatic carbocycles. The number of nitrogens with one attached hydrogen (secondary N) is 1. The van der Waals surface area contributed by atoms with Crippen molar-refractivity contribution in [3.63, 3.8) is 0 Å². The molecule has 7 heteroatoms. The Labute approximate surface area is 248 Å². The first kappa shape index (κ1) is 26.2. The third kappa shape index (κ3) is 3.68. The van der Waals surface area contributed by atoms with Crippen LogP contribution in [0.3, 0.4) is 0 Å². The van der Waals surface area contributed by atoms with Gasteiger partial charge in [-0.05, 0) is 72.2 Å². The normalized spacial score (nSPS) is 23.2. The molecule has 1 amide bonds. The first-order valence-electron chi connectivity index (χ1n) is 14.0. The van der Waals surface area contributed by atoms with Crippen LogP contribution in [0.5, 0.6) is 5.75 Å². The number of carbonyl (C=O) groups is 3. The predicted molar refractivity (Wildman–Crippen MR) is 162 cm³/mol. The van der Waals surface area contributed by atoms with Crippen molar-refractivity contribution in [3.05, 3.63) is 136 Å². The summed E-state index contributed by atoms with van der Waals surface area (Å²) in [5, 5.41) is 3.58. The summed E-state index contributed by atoms with van der Waals surface area (Å²) in [6, 6.07) is 27.4. The Morgan fingerprint density at radius 3 is 2.43 bits per heavy atom. The molecule has 0 unspecified atom stereocenters. The van der Waals surface area contributed by atoms with Gasteiger partial charge in [-0.15, -0.1) is 0 Å². The van der Waals surface area contributed by atoms with Crippen molar-refractivity contribution < 1.29 is 19.1 Å². The number of amides is 1. The fourth-order valence-electron chi connectivity index (χ4n) is 7.07. The number of anilines is 1. The molecule has 0 radical (unpaired) electrons. The lowest BCUT2D eigenvalue weighted by Crippen LogP contribution is -2.49. The van der Waals surface area contributed by atoms with Crippen molar-refractivity contribution in [2.45, 2.75) is 24.4 Å². The number of carbonyl (C=O) groups excluding carboxylic acids is 3. The van der Waals surface area contributed by atoms with E-state index in [4.69, 9.17) is 16.3 Å². The zero-order valence-electron chi connectivity index (χ0n) is 22.8. The van der Waals surface area contributed by atoms with E-state index < -0.39 is 23.4 Å². The van der Waals surface area contributed by atoms with E-state index in [1.807, 2.05) is 78.7 Å². The third-order valence-corrected chi connectivity index (χ3v) is 8.95. The van der Waals surface area contributed by atoms with Crippen LogP contribution < -0.4 is 10.1 Å². The Morgan fingerprint density at radius 1 is 0.905 bits per heavy atom. The van der Waals surface area contributed by atoms with E-state index in [9.17, 15) is 9.59 Å². The number of ether oxygens (including phenoxy) is 1. The molecule has 1 saturated heterocycles. The number of ketones is 2. The molecule has 0 aromatic heterocycles. The first-order valence-corrected chi connectivity index (χ1v) is 14.4. The second kappa shape index (κ2) is 10.00. The fourth-order valence-corrected chi connectivity index (χ4v) is 7.20. The summed E-state index contributed by atoms with van der Waals surface area (Å²) in [6.07, 6.45) is 3.81. The Balaban J connectivity index is 1.54. The molecule has 0 saturated carbocycles. The Hall–Kier alpha value is -4.68. The summed E-state index contributed by atoms with van der Waals surface area (Å²) in [6.45, 7) is 2.22. The molecule has 3 aliphatic heterocycles. The van der Waals surface area contributed by atoms with Crippen LogP contribution >= 0.6 is 11.6 Å². The summed E-state index contributed by atoms with van der Waals surface area (Å²) >= 11 is 6.17. The zero-order valence-corrected chi connectivity index (χ0v) is 23.5. The number of nitrogens with zero attached hydrogens (tertiary/aromatic N) is 1. The van der Waals surface area contributed by atoms with Gasteiger partial charge in [-0.1, -0.05) is 66.2 Å². The maximum absolute atomic E-state index is 15.0. The topological polar surface area (TPSA) is 75.7 Å².